The van der Waals surface area contributed by atoms with Crippen LogP contribution in [0.3, 0.4) is 0 Å². The lowest BCUT2D eigenvalue weighted by molar-refractivity contribution is 0.0994. The quantitative estimate of drug-likeness (QED) is 0.452. The minimum absolute atomic E-state index is 0.0496. The van der Waals surface area contributed by atoms with Crippen LogP contribution in [0, 0.1) is 0 Å². The lowest BCUT2D eigenvalue weighted by Crippen LogP contribution is -2.14. The first kappa shape index (κ1) is 17.7. The summed E-state index contributed by atoms with van der Waals surface area (Å²) >= 11 is 7.31. The van der Waals surface area contributed by atoms with E-state index in [1.165, 1.54) is 11.8 Å². The molecule has 4 nitrogen and oxygen atoms in total. The molecule has 0 N–H and O–H groups in total. The predicted molar refractivity (Wildman–Crippen MR) is 102 cm³/mol. The average Bonchev–Trinajstić information content (AvgIpc) is 3.05. The van der Waals surface area contributed by atoms with Gasteiger partial charge in [0.25, 0.3) is 0 Å². The normalized spacial score (nSPS) is 12.1. The van der Waals surface area contributed by atoms with Crippen LogP contribution in [-0.2, 0) is 6.54 Å². The second kappa shape index (κ2) is 7.85. The summed E-state index contributed by atoms with van der Waals surface area (Å²) in [5.74, 6) is 0.866. The number of carbonyl (C=O) groups excluding carboxylic acids is 1. The van der Waals surface area contributed by atoms with E-state index in [0.29, 0.717) is 10.6 Å². The second-order valence-corrected chi connectivity index (χ2v) is 7.29. The van der Waals surface area contributed by atoms with Crippen LogP contribution in [0.5, 0.6) is 0 Å². The highest BCUT2D eigenvalue weighted by molar-refractivity contribution is 8.00. The third kappa shape index (κ3) is 3.94. The number of thioether (sulfide) groups is 1. The van der Waals surface area contributed by atoms with E-state index in [-0.39, 0.29) is 11.0 Å². The fourth-order valence-electron chi connectivity index (χ4n) is 2.52. The van der Waals surface area contributed by atoms with Crippen molar-refractivity contribution in [2.45, 2.75) is 30.8 Å². The Morgan fingerprint density at radius 3 is 2.44 bits per heavy atom. The molecule has 0 saturated heterocycles. The smallest absolute Gasteiger partial charge is 0.192 e. The molecular formula is C19H18ClN3OS. The molecule has 1 aromatic heterocycles. The summed E-state index contributed by atoms with van der Waals surface area (Å²) in [5.41, 5.74) is 1.66. The Morgan fingerprint density at radius 2 is 1.80 bits per heavy atom. The predicted octanol–water partition coefficient (Wildman–Crippen LogP) is 4.98. The Morgan fingerprint density at radius 1 is 1.12 bits per heavy atom. The molecule has 0 spiro atoms. The molecule has 0 radical (unpaired) electrons. The Labute approximate surface area is 156 Å². The maximum Gasteiger partial charge on any atom is 0.192 e. The highest BCUT2D eigenvalue weighted by Crippen LogP contribution is 2.28. The van der Waals surface area contributed by atoms with Crippen molar-refractivity contribution in [1.29, 1.82) is 0 Å². The monoisotopic (exact) mass is 371 g/mol. The standard InChI is InChI=1S/C19H18ClN3OS/c1-3-23-18(15-7-5-4-6-8-15)21-22-19(23)25-13(2)17(24)14-9-11-16(20)12-10-14/h4-13H,3H2,1-2H3/t13-/m1/s1. The minimum Gasteiger partial charge on any atom is -0.302 e. The SMILES string of the molecule is CCn1c(S[C@H](C)C(=O)c2ccc(Cl)cc2)nnc1-c1ccccc1. The zero-order valence-corrected chi connectivity index (χ0v) is 15.6. The number of hydrogen-bond acceptors (Lipinski definition) is 4. The molecule has 3 rings (SSSR count). The van der Waals surface area contributed by atoms with Gasteiger partial charge in [-0.25, -0.2) is 0 Å². The maximum atomic E-state index is 12.6. The molecule has 2 aromatic carbocycles. The molecule has 1 heterocycles. The number of rotatable bonds is 6. The van der Waals surface area contributed by atoms with Crippen LogP contribution >= 0.6 is 23.4 Å². The van der Waals surface area contributed by atoms with Crippen molar-refractivity contribution >= 4 is 29.1 Å². The molecule has 0 aliphatic carbocycles. The van der Waals surface area contributed by atoms with Gasteiger partial charge < -0.3 is 4.57 Å². The second-order valence-electron chi connectivity index (χ2n) is 5.55. The van der Waals surface area contributed by atoms with Crippen molar-refractivity contribution in [3.8, 4) is 11.4 Å². The van der Waals surface area contributed by atoms with E-state index >= 15 is 0 Å². The summed E-state index contributed by atoms with van der Waals surface area (Å²) in [6.45, 7) is 4.67. The van der Waals surface area contributed by atoms with Crippen LogP contribution in [0.2, 0.25) is 5.02 Å². The van der Waals surface area contributed by atoms with Gasteiger partial charge in [0.2, 0.25) is 0 Å². The molecule has 0 bridgehead atoms. The highest BCUT2D eigenvalue weighted by Gasteiger charge is 2.21. The van der Waals surface area contributed by atoms with Crippen LogP contribution in [0.1, 0.15) is 24.2 Å². The molecule has 6 heteroatoms. The van der Waals surface area contributed by atoms with Crippen molar-refractivity contribution in [2.75, 3.05) is 0 Å². The number of benzene rings is 2. The summed E-state index contributed by atoms with van der Waals surface area (Å²) in [6.07, 6.45) is 0. The first-order valence-corrected chi connectivity index (χ1v) is 9.31. The first-order chi connectivity index (χ1) is 12.1. The largest absolute Gasteiger partial charge is 0.302 e. The number of halogens is 1. The molecule has 1 atom stereocenters. The topological polar surface area (TPSA) is 47.8 Å². The highest BCUT2D eigenvalue weighted by atomic mass is 35.5. The molecule has 3 aromatic rings. The summed E-state index contributed by atoms with van der Waals surface area (Å²) in [4.78, 5) is 12.6. The Bertz CT molecular complexity index is 862. The van der Waals surface area contributed by atoms with Gasteiger partial charge in [-0.2, -0.15) is 0 Å². The van der Waals surface area contributed by atoms with E-state index in [2.05, 4.69) is 10.2 Å². The van der Waals surface area contributed by atoms with Crippen molar-refractivity contribution in [1.82, 2.24) is 14.8 Å². The Kier molecular flexibility index (Phi) is 5.56. The van der Waals surface area contributed by atoms with Crippen molar-refractivity contribution in [2.24, 2.45) is 0 Å². The van der Waals surface area contributed by atoms with E-state index < -0.39 is 0 Å². The maximum absolute atomic E-state index is 12.6. The molecule has 0 amide bonds. The Balaban J connectivity index is 1.82. The van der Waals surface area contributed by atoms with Gasteiger partial charge in [0.05, 0.1) is 5.25 Å². The minimum atomic E-state index is -0.265. The molecule has 0 saturated carbocycles. The van der Waals surface area contributed by atoms with Crippen molar-refractivity contribution in [3.05, 3.63) is 65.2 Å². The van der Waals surface area contributed by atoms with Gasteiger partial charge in [0.15, 0.2) is 16.8 Å². The molecule has 0 aliphatic heterocycles. The number of Topliss-reactive ketones (excluding diaryl/α,β-unsaturated/α-hetero) is 1. The van der Waals surface area contributed by atoms with Gasteiger partial charge in [0, 0.05) is 22.7 Å². The molecule has 0 aliphatic rings. The van der Waals surface area contributed by atoms with Gasteiger partial charge in [0.1, 0.15) is 0 Å². The van der Waals surface area contributed by atoms with Crippen LogP contribution < -0.4 is 0 Å². The van der Waals surface area contributed by atoms with Gasteiger partial charge in [-0.05, 0) is 38.1 Å². The first-order valence-electron chi connectivity index (χ1n) is 8.05. The fraction of sp³-hybridized carbons (Fsp3) is 0.211. The number of hydrogen-bond donors (Lipinski definition) is 0. The number of ketones is 1. The van der Waals surface area contributed by atoms with Gasteiger partial charge in [-0.3, -0.25) is 4.79 Å². The third-order valence-corrected chi connectivity index (χ3v) is 5.18. The van der Waals surface area contributed by atoms with Crippen LogP contribution in [0.15, 0.2) is 59.8 Å². The Hall–Kier alpha value is -2.11. The molecule has 128 valence electrons. The third-order valence-electron chi connectivity index (χ3n) is 3.85. The molecular weight excluding hydrogens is 354 g/mol. The van der Waals surface area contributed by atoms with Crippen molar-refractivity contribution in [3.63, 3.8) is 0 Å². The van der Waals surface area contributed by atoms with E-state index in [0.717, 1.165) is 23.1 Å². The number of carbonyl (C=O) groups is 1. The van der Waals surface area contributed by atoms with Crippen LogP contribution in [-0.4, -0.2) is 25.8 Å². The van der Waals surface area contributed by atoms with Gasteiger partial charge in [-0.1, -0.05) is 53.7 Å². The summed E-state index contributed by atoms with van der Waals surface area (Å²) in [6, 6.07) is 16.9. The van der Waals surface area contributed by atoms with E-state index in [1.807, 2.05) is 48.7 Å². The van der Waals surface area contributed by atoms with E-state index in [1.54, 1.807) is 24.3 Å². The van der Waals surface area contributed by atoms with E-state index in [9.17, 15) is 4.79 Å². The fourth-order valence-corrected chi connectivity index (χ4v) is 3.64. The molecule has 0 fully saturated rings. The van der Waals surface area contributed by atoms with E-state index in [4.69, 9.17) is 11.6 Å². The molecule has 25 heavy (non-hydrogen) atoms. The average molecular weight is 372 g/mol. The summed E-state index contributed by atoms with van der Waals surface area (Å²) < 4.78 is 2.03. The number of nitrogens with zero attached hydrogens (tertiary/aromatic N) is 3. The van der Waals surface area contributed by atoms with Crippen LogP contribution in [0.25, 0.3) is 11.4 Å². The lowest BCUT2D eigenvalue weighted by Gasteiger charge is -2.11. The van der Waals surface area contributed by atoms with Crippen molar-refractivity contribution < 1.29 is 4.79 Å². The van der Waals surface area contributed by atoms with Gasteiger partial charge >= 0.3 is 0 Å². The molecule has 0 unspecified atom stereocenters. The van der Waals surface area contributed by atoms with Gasteiger partial charge in [-0.15, -0.1) is 10.2 Å². The summed E-state index contributed by atoms with van der Waals surface area (Å²) in [7, 11) is 0. The lowest BCUT2D eigenvalue weighted by atomic mass is 10.1. The number of aromatic nitrogens is 3. The zero-order valence-electron chi connectivity index (χ0n) is 14.0. The summed E-state index contributed by atoms with van der Waals surface area (Å²) in [5, 5.41) is 9.72. The zero-order chi connectivity index (χ0) is 17.8. The van der Waals surface area contributed by atoms with Crippen LogP contribution in [0.4, 0.5) is 0 Å².